The molecule has 1 saturated carbocycles. The Balaban J connectivity index is 1.70. The standard InChI is InChI=1S/C16H24ClNO2/c1-16(2)9-3-4-15(16)18-10-13(19)11-20-14-7-5-12(17)6-8-14/h5-8,13,15,18-19H,3-4,9-11H2,1-2H3. The van der Waals surface area contributed by atoms with Crippen LogP contribution in [0.25, 0.3) is 0 Å². The minimum Gasteiger partial charge on any atom is -0.491 e. The van der Waals surface area contributed by atoms with E-state index in [2.05, 4.69) is 19.2 Å². The lowest BCUT2D eigenvalue weighted by molar-refractivity contribution is 0.0986. The van der Waals surface area contributed by atoms with Crippen molar-refractivity contribution >= 4 is 11.6 Å². The maximum absolute atomic E-state index is 9.98. The fraction of sp³-hybridized carbons (Fsp3) is 0.625. The van der Waals surface area contributed by atoms with Gasteiger partial charge in [-0.25, -0.2) is 0 Å². The SMILES string of the molecule is CC1(C)CCCC1NCC(O)COc1ccc(Cl)cc1. The summed E-state index contributed by atoms with van der Waals surface area (Å²) in [4.78, 5) is 0. The number of ether oxygens (including phenoxy) is 1. The molecule has 0 spiro atoms. The molecule has 2 N–H and O–H groups in total. The van der Waals surface area contributed by atoms with E-state index in [1.807, 2.05) is 12.1 Å². The molecule has 2 atom stereocenters. The van der Waals surface area contributed by atoms with Gasteiger partial charge in [0.2, 0.25) is 0 Å². The van der Waals surface area contributed by atoms with Crippen LogP contribution < -0.4 is 10.1 Å². The summed E-state index contributed by atoms with van der Waals surface area (Å²) in [6.07, 6.45) is 3.21. The molecule has 0 heterocycles. The van der Waals surface area contributed by atoms with Gasteiger partial charge in [-0.05, 0) is 42.5 Å². The Kier molecular flexibility index (Phi) is 5.30. The molecule has 0 saturated heterocycles. The second-order valence-corrected chi connectivity index (χ2v) is 6.70. The third kappa shape index (κ3) is 4.37. The highest BCUT2D eigenvalue weighted by Crippen LogP contribution is 2.37. The monoisotopic (exact) mass is 297 g/mol. The third-order valence-corrected chi connectivity index (χ3v) is 4.37. The van der Waals surface area contributed by atoms with Gasteiger partial charge in [0.25, 0.3) is 0 Å². The van der Waals surface area contributed by atoms with E-state index in [0.717, 1.165) is 5.75 Å². The molecule has 0 amide bonds. The largest absolute Gasteiger partial charge is 0.491 e. The van der Waals surface area contributed by atoms with Crippen LogP contribution in [-0.2, 0) is 0 Å². The highest BCUT2D eigenvalue weighted by Gasteiger charge is 2.34. The van der Waals surface area contributed by atoms with Gasteiger partial charge in [0.15, 0.2) is 0 Å². The zero-order chi connectivity index (χ0) is 14.6. The van der Waals surface area contributed by atoms with Gasteiger partial charge >= 0.3 is 0 Å². The van der Waals surface area contributed by atoms with Crippen LogP contribution in [0.1, 0.15) is 33.1 Å². The molecule has 0 aliphatic heterocycles. The van der Waals surface area contributed by atoms with Crippen LogP contribution in [0.15, 0.2) is 24.3 Å². The summed E-state index contributed by atoms with van der Waals surface area (Å²) in [6.45, 7) is 5.44. The summed E-state index contributed by atoms with van der Waals surface area (Å²) < 4.78 is 5.54. The molecule has 1 aromatic rings. The van der Waals surface area contributed by atoms with E-state index in [-0.39, 0.29) is 0 Å². The molecule has 20 heavy (non-hydrogen) atoms. The first-order valence-corrected chi connectivity index (χ1v) is 7.65. The van der Waals surface area contributed by atoms with Crippen molar-refractivity contribution in [3.8, 4) is 5.75 Å². The lowest BCUT2D eigenvalue weighted by Crippen LogP contribution is -2.43. The molecule has 2 unspecified atom stereocenters. The summed E-state index contributed by atoms with van der Waals surface area (Å²) in [7, 11) is 0. The molecule has 2 rings (SSSR count). The number of halogens is 1. The van der Waals surface area contributed by atoms with E-state index in [1.165, 1.54) is 19.3 Å². The van der Waals surface area contributed by atoms with Gasteiger partial charge in [-0.15, -0.1) is 0 Å². The number of benzene rings is 1. The average Bonchev–Trinajstić information content (AvgIpc) is 2.74. The minimum atomic E-state index is -0.498. The number of nitrogens with one attached hydrogen (secondary N) is 1. The maximum atomic E-state index is 9.98. The van der Waals surface area contributed by atoms with Crippen LogP contribution in [0.3, 0.4) is 0 Å². The predicted octanol–water partition coefficient (Wildman–Crippen LogP) is 3.25. The first kappa shape index (κ1) is 15.6. The molecule has 1 aliphatic carbocycles. The molecule has 1 fully saturated rings. The van der Waals surface area contributed by atoms with Crippen molar-refractivity contribution in [2.45, 2.75) is 45.3 Å². The Hall–Kier alpha value is -0.770. The van der Waals surface area contributed by atoms with Crippen molar-refractivity contribution in [2.24, 2.45) is 5.41 Å². The fourth-order valence-corrected chi connectivity index (χ4v) is 2.89. The molecule has 0 radical (unpaired) electrons. The van der Waals surface area contributed by atoms with Crippen LogP contribution in [0.4, 0.5) is 0 Å². The molecular formula is C16H24ClNO2. The number of hydrogen-bond acceptors (Lipinski definition) is 3. The molecule has 0 bridgehead atoms. The summed E-state index contributed by atoms with van der Waals surface area (Å²) in [5.41, 5.74) is 0.330. The van der Waals surface area contributed by atoms with Crippen molar-refractivity contribution in [1.82, 2.24) is 5.32 Å². The van der Waals surface area contributed by atoms with Gasteiger partial charge in [0.1, 0.15) is 18.5 Å². The van der Waals surface area contributed by atoms with Gasteiger partial charge in [0.05, 0.1) is 0 Å². The van der Waals surface area contributed by atoms with E-state index < -0.39 is 6.10 Å². The van der Waals surface area contributed by atoms with E-state index in [0.29, 0.717) is 29.6 Å². The molecular weight excluding hydrogens is 274 g/mol. The molecule has 3 nitrogen and oxygen atoms in total. The Labute approximate surface area is 126 Å². The van der Waals surface area contributed by atoms with E-state index in [9.17, 15) is 5.11 Å². The van der Waals surface area contributed by atoms with E-state index >= 15 is 0 Å². The highest BCUT2D eigenvalue weighted by molar-refractivity contribution is 6.30. The summed E-state index contributed by atoms with van der Waals surface area (Å²) in [6, 6.07) is 7.67. The van der Waals surface area contributed by atoms with Crippen molar-refractivity contribution in [1.29, 1.82) is 0 Å². The Morgan fingerprint density at radius 1 is 1.40 bits per heavy atom. The van der Waals surface area contributed by atoms with Crippen LogP contribution >= 0.6 is 11.6 Å². The predicted molar refractivity (Wildman–Crippen MR) is 82.4 cm³/mol. The van der Waals surface area contributed by atoms with Gasteiger partial charge in [-0.2, -0.15) is 0 Å². The first-order chi connectivity index (χ1) is 9.47. The van der Waals surface area contributed by atoms with Crippen LogP contribution in [0, 0.1) is 5.41 Å². The Morgan fingerprint density at radius 2 is 2.10 bits per heavy atom. The third-order valence-electron chi connectivity index (χ3n) is 4.11. The lowest BCUT2D eigenvalue weighted by Gasteiger charge is -2.28. The van der Waals surface area contributed by atoms with Gasteiger partial charge in [-0.3, -0.25) is 0 Å². The molecule has 1 aromatic carbocycles. The topological polar surface area (TPSA) is 41.5 Å². The number of rotatable bonds is 6. The number of hydrogen-bond donors (Lipinski definition) is 2. The van der Waals surface area contributed by atoms with Crippen molar-refractivity contribution in [3.05, 3.63) is 29.3 Å². The average molecular weight is 298 g/mol. The summed E-state index contributed by atoms with van der Waals surface area (Å²) in [5.74, 6) is 0.731. The van der Waals surface area contributed by atoms with Crippen molar-refractivity contribution < 1.29 is 9.84 Å². The maximum Gasteiger partial charge on any atom is 0.119 e. The van der Waals surface area contributed by atoms with E-state index in [4.69, 9.17) is 16.3 Å². The fourth-order valence-electron chi connectivity index (χ4n) is 2.77. The van der Waals surface area contributed by atoms with Gasteiger partial charge in [-0.1, -0.05) is 31.9 Å². The Morgan fingerprint density at radius 3 is 2.70 bits per heavy atom. The zero-order valence-corrected chi connectivity index (χ0v) is 13.0. The second-order valence-electron chi connectivity index (χ2n) is 6.26. The second kappa shape index (κ2) is 6.79. The summed E-state index contributed by atoms with van der Waals surface area (Å²) in [5, 5.41) is 14.1. The Bertz CT molecular complexity index is 419. The van der Waals surface area contributed by atoms with Crippen LogP contribution in [0.5, 0.6) is 5.75 Å². The minimum absolute atomic E-state index is 0.293. The van der Waals surface area contributed by atoms with Gasteiger partial charge < -0.3 is 15.2 Å². The van der Waals surface area contributed by atoms with Gasteiger partial charge in [0, 0.05) is 17.6 Å². The molecule has 1 aliphatic rings. The highest BCUT2D eigenvalue weighted by atomic mass is 35.5. The zero-order valence-electron chi connectivity index (χ0n) is 12.2. The summed E-state index contributed by atoms with van der Waals surface area (Å²) >= 11 is 5.81. The number of aliphatic hydroxyl groups is 1. The molecule has 0 aromatic heterocycles. The molecule has 112 valence electrons. The normalized spacial score (nSPS) is 22.7. The van der Waals surface area contributed by atoms with Crippen LogP contribution in [-0.4, -0.2) is 30.4 Å². The first-order valence-electron chi connectivity index (χ1n) is 7.27. The van der Waals surface area contributed by atoms with Crippen LogP contribution in [0.2, 0.25) is 5.02 Å². The lowest BCUT2D eigenvalue weighted by atomic mass is 9.87. The van der Waals surface area contributed by atoms with Crippen molar-refractivity contribution in [3.63, 3.8) is 0 Å². The molecule has 4 heteroatoms. The quantitative estimate of drug-likeness (QED) is 0.847. The van der Waals surface area contributed by atoms with E-state index in [1.54, 1.807) is 12.1 Å². The smallest absolute Gasteiger partial charge is 0.119 e. The van der Waals surface area contributed by atoms with Crippen molar-refractivity contribution in [2.75, 3.05) is 13.2 Å². The number of aliphatic hydroxyl groups excluding tert-OH is 1.